The van der Waals surface area contributed by atoms with E-state index in [4.69, 9.17) is 6.42 Å². The number of hydrogen-bond acceptors (Lipinski definition) is 0. The fourth-order valence-corrected chi connectivity index (χ4v) is 4.89. The van der Waals surface area contributed by atoms with Gasteiger partial charge >= 0.3 is 0 Å². The van der Waals surface area contributed by atoms with Crippen molar-refractivity contribution >= 4 is 5.57 Å². The summed E-state index contributed by atoms with van der Waals surface area (Å²) in [5, 5.41) is 0. The highest BCUT2D eigenvalue weighted by Gasteiger charge is 2.46. The van der Waals surface area contributed by atoms with Crippen molar-refractivity contribution in [3.8, 4) is 12.3 Å². The van der Waals surface area contributed by atoms with Crippen LogP contribution in [-0.2, 0) is 5.41 Å². The molecule has 0 spiro atoms. The molecule has 0 aromatic heterocycles. The van der Waals surface area contributed by atoms with Gasteiger partial charge in [0.15, 0.2) is 0 Å². The van der Waals surface area contributed by atoms with Crippen LogP contribution in [0.5, 0.6) is 0 Å². The first-order chi connectivity index (χ1) is 14.4. The Bertz CT molecular complexity index is 1200. The van der Waals surface area contributed by atoms with Crippen molar-refractivity contribution < 1.29 is 0 Å². The molecule has 0 bridgehead atoms. The van der Waals surface area contributed by atoms with Gasteiger partial charge < -0.3 is 0 Å². The third-order valence-corrected chi connectivity index (χ3v) is 6.28. The zero-order chi connectivity index (χ0) is 21.5. The number of rotatable bonds is 3. The lowest BCUT2D eigenvalue weighted by atomic mass is 9.66. The van der Waals surface area contributed by atoms with Gasteiger partial charge in [-0.1, -0.05) is 89.3 Å². The molecule has 0 unspecified atom stereocenters. The number of benzene rings is 3. The van der Waals surface area contributed by atoms with Crippen LogP contribution in [0.1, 0.15) is 52.8 Å². The summed E-state index contributed by atoms with van der Waals surface area (Å²) in [6.45, 7) is 10.8. The molecule has 0 nitrogen and oxygen atoms in total. The molecule has 3 aromatic carbocycles. The molecule has 0 saturated carbocycles. The third-order valence-electron chi connectivity index (χ3n) is 6.28. The molecule has 0 saturated heterocycles. The van der Waals surface area contributed by atoms with E-state index in [2.05, 4.69) is 106 Å². The minimum Gasteiger partial charge on any atom is -0.115 e. The highest BCUT2D eigenvalue weighted by atomic mass is 14.5. The molecule has 1 aliphatic rings. The van der Waals surface area contributed by atoms with Gasteiger partial charge in [-0.3, -0.25) is 0 Å². The molecule has 0 heteroatoms. The van der Waals surface area contributed by atoms with Crippen LogP contribution in [0.25, 0.3) is 5.57 Å². The lowest BCUT2D eigenvalue weighted by Gasteiger charge is -2.35. The van der Waals surface area contributed by atoms with Gasteiger partial charge in [-0.15, -0.1) is 6.42 Å². The highest BCUT2D eigenvalue weighted by molar-refractivity contribution is 5.87. The van der Waals surface area contributed by atoms with E-state index in [0.717, 1.165) is 5.57 Å². The van der Waals surface area contributed by atoms with E-state index in [-0.39, 0.29) is 5.41 Å². The first-order valence-electron chi connectivity index (χ1n) is 10.5. The molecular weight excluding hydrogens is 360 g/mol. The van der Waals surface area contributed by atoms with E-state index in [9.17, 15) is 0 Å². The minimum absolute atomic E-state index is 0.387. The fraction of sp³-hybridized carbons (Fsp3) is 0.200. The van der Waals surface area contributed by atoms with Gasteiger partial charge in [0.1, 0.15) is 0 Å². The highest BCUT2D eigenvalue weighted by Crippen LogP contribution is 2.55. The first-order valence-corrected chi connectivity index (χ1v) is 10.5. The monoisotopic (exact) mass is 388 g/mol. The van der Waals surface area contributed by atoms with Crippen molar-refractivity contribution in [2.75, 3.05) is 0 Å². The number of allylic oxidation sites excluding steroid dienone is 4. The molecule has 4 rings (SSSR count). The summed E-state index contributed by atoms with van der Waals surface area (Å²) >= 11 is 0. The molecule has 0 fully saturated rings. The van der Waals surface area contributed by atoms with Crippen LogP contribution in [0.2, 0.25) is 0 Å². The van der Waals surface area contributed by atoms with Crippen LogP contribution in [0.4, 0.5) is 0 Å². The van der Waals surface area contributed by atoms with Gasteiger partial charge in [-0.05, 0) is 79.7 Å². The molecule has 30 heavy (non-hydrogen) atoms. The van der Waals surface area contributed by atoms with Crippen LogP contribution < -0.4 is 0 Å². The second-order valence-electron chi connectivity index (χ2n) is 8.55. The Labute approximate surface area is 181 Å². The Morgan fingerprint density at radius 3 is 1.90 bits per heavy atom. The van der Waals surface area contributed by atoms with Crippen molar-refractivity contribution in [2.45, 2.75) is 40.0 Å². The average molecular weight is 389 g/mol. The van der Waals surface area contributed by atoms with Gasteiger partial charge in [0.05, 0.1) is 5.41 Å². The summed E-state index contributed by atoms with van der Waals surface area (Å²) in [4.78, 5) is 0. The number of fused-ring (bicyclic) bond motifs is 1. The van der Waals surface area contributed by atoms with E-state index < -0.39 is 0 Å². The summed E-state index contributed by atoms with van der Waals surface area (Å²) in [6, 6.07) is 24.7. The Kier molecular flexibility index (Phi) is 5.00. The topological polar surface area (TPSA) is 0 Å². The lowest BCUT2D eigenvalue weighted by molar-refractivity contribution is 0.757. The molecule has 0 atom stereocenters. The van der Waals surface area contributed by atoms with Gasteiger partial charge in [0, 0.05) is 0 Å². The van der Waals surface area contributed by atoms with Crippen molar-refractivity contribution in [1.82, 2.24) is 0 Å². The Morgan fingerprint density at radius 2 is 1.37 bits per heavy atom. The number of hydrogen-bond donors (Lipinski definition) is 0. The second-order valence-corrected chi connectivity index (χ2v) is 8.55. The van der Waals surface area contributed by atoms with E-state index >= 15 is 0 Å². The Balaban J connectivity index is 2.22. The van der Waals surface area contributed by atoms with Crippen LogP contribution in [-0.4, -0.2) is 0 Å². The van der Waals surface area contributed by atoms with E-state index in [0.29, 0.717) is 0 Å². The molecule has 0 amide bonds. The largest absolute Gasteiger partial charge is 0.115 e. The van der Waals surface area contributed by atoms with Crippen LogP contribution in [0, 0.1) is 33.1 Å². The SMILES string of the molecule is C#C/C(C)=C\C1=C(C)c2ccc(C)cc2C1(c1cccc(C)c1)c1cccc(C)c1. The van der Waals surface area contributed by atoms with Gasteiger partial charge in [0.2, 0.25) is 0 Å². The van der Waals surface area contributed by atoms with Gasteiger partial charge in [0.25, 0.3) is 0 Å². The average Bonchev–Trinajstić information content (AvgIpc) is 2.96. The Morgan fingerprint density at radius 1 is 0.800 bits per heavy atom. The van der Waals surface area contributed by atoms with Crippen LogP contribution in [0.15, 0.2) is 84.0 Å². The maximum Gasteiger partial charge on any atom is 0.0710 e. The maximum atomic E-state index is 5.80. The van der Waals surface area contributed by atoms with E-state index in [1.165, 1.54) is 50.1 Å². The normalized spacial score (nSPS) is 15.1. The zero-order valence-corrected chi connectivity index (χ0v) is 18.5. The van der Waals surface area contributed by atoms with E-state index in [1.807, 2.05) is 6.92 Å². The van der Waals surface area contributed by atoms with Crippen molar-refractivity contribution in [2.24, 2.45) is 0 Å². The number of aryl methyl sites for hydroxylation is 3. The molecule has 0 N–H and O–H groups in total. The summed E-state index contributed by atoms with van der Waals surface area (Å²) in [6.07, 6.45) is 8.02. The zero-order valence-electron chi connectivity index (χ0n) is 18.5. The second kappa shape index (κ2) is 7.51. The molecule has 0 heterocycles. The first kappa shape index (κ1) is 20.0. The lowest BCUT2D eigenvalue weighted by Crippen LogP contribution is -2.30. The van der Waals surface area contributed by atoms with Crippen LogP contribution >= 0.6 is 0 Å². The summed E-state index contributed by atoms with van der Waals surface area (Å²) < 4.78 is 0. The Hall–Kier alpha value is -3.30. The standard InChI is InChI=1S/C30H28/c1-7-20(2)18-28-24(6)27-15-14-23(5)19-29(27)30(28,25-12-8-10-21(3)16-25)26-13-9-11-22(4)17-26/h1,8-19H,2-6H3/b20-18-. The van der Waals surface area contributed by atoms with Crippen molar-refractivity contribution in [1.29, 1.82) is 0 Å². The maximum absolute atomic E-state index is 5.80. The minimum atomic E-state index is -0.387. The molecule has 1 aliphatic carbocycles. The molecule has 148 valence electrons. The fourth-order valence-electron chi connectivity index (χ4n) is 4.89. The molecule has 3 aromatic rings. The number of terminal acetylenes is 1. The predicted octanol–water partition coefficient (Wildman–Crippen LogP) is 7.31. The van der Waals surface area contributed by atoms with Gasteiger partial charge in [-0.25, -0.2) is 0 Å². The summed E-state index contributed by atoms with van der Waals surface area (Å²) in [5.41, 5.74) is 12.1. The van der Waals surface area contributed by atoms with Crippen molar-refractivity contribution in [3.05, 3.63) is 123 Å². The summed E-state index contributed by atoms with van der Waals surface area (Å²) in [7, 11) is 0. The van der Waals surface area contributed by atoms with E-state index in [1.54, 1.807) is 0 Å². The van der Waals surface area contributed by atoms with Gasteiger partial charge in [-0.2, -0.15) is 0 Å². The predicted molar refractivity (Wildman–Crippen MR) is 129 cm³/mol. The van der Waals surface area contributed by atoms with Crippen LogP contribution in [0.3, 0.4) is 0 Å². The summed E-state index contributed by atoms with van der Waals surface area (Å²) in [5.74, 6) is 2.84. The van der Waals surface area contributed by atoms with Crippen molar-refractivity contribution in [3.63, 3.8) is 0 Å². The quantitative estimate of drug-likeness (QED) is 0.413. The molecule has 0 aliphatic heterocycles. The third kappa shape index (κ3) is 3.03. The molecular formula is C30H28. The smallest absolute Gasteiger partial charge is 0.0710 e. The molecule has 0 radical (unpaired) electrons.